The number of hydrogen-bond donors (Lipinski definition) is 1. The molecule has 1 aliphatic rings. The van der Waals surface area contributed by atoms with E-state index in [9.17, 15) is 5.11 Å². The molecule has 2 atom stereocenters. The highest BCUT2D eigenvalue weighted by molar-refractivity contribution is 5.04. The van der Waals surface area contributed by atoms with Crippen LogP contribution >= 0.6 is 0 Å². The van der Waals surface area contributed by atoms with Crippen LogP contribution in [0.1, 0.15) is 52.4 Å². The van der Waals surface area contributed by atoms with E-state index in [1.54, 1.807) is 6.08 Å². The Morgan fingerprint density at radius 3 is 2.86 bits per heavy atom. The second-order valence-electron chi connectivity index (χ2n) is 5.11. The Hall–Kier alpha value is -0.300. The normalized spacial score (nSPS) is 32.4. The van der Waals surface area contributed by atoms with Crippen LogP contribution in [-0.4, -0.2) is 10.7 Å². The quantitative estimate of drug-likeness (QED) is 0.667. The Labute approximate surface area is 88.2 Å². The minimum atomic E-state index is -0.545. The van der Waals surface area contributed by atoms with Gasteiger partial charge in [-0.2, -0.15) is 0 Å². The van der Waals surface area contributed by atoms with E-state index in [0.717, 1.165) is 18.8 Å². The molecule has 0 aromatic rings. The molecule has 1 aliphatic carbocycles. The topological polar surface area (TPSA) is 20.2 Å². The zero-order valence-electron chi connectivity index (χ0n) is 9.63. The molecule has 14 heavy (non-hydrogen) atoms. The predicted molar refractivity (Wildman–Crippen MR) is 61.2 cm³/mol. The summed E-state index contributed by atoms with van der Waals surface area (Å²) in [4.78, 5) is 0. The van der Waals surface area contributed by atoms with Crippen LogP contribution in [-0.2, 0) is 0 Å². The Bertz CT molecular complexity index is 186. The molecule has 82 valence electrons. The first-order valence-corrected chi connectivity index (χ1v) is 5.94. The van der Waals surface area contributed by atoms with Gasteiger partial charge in [0, 0.05) is 0 Å². The van der Waals surface area contributed by atoms with Crippen LogP contribution in [0, 0.1) is 11.8 Å². The van der Waals surface area contributed by atoms with Crippen molar-refractivity contribution in [3.63, 3.8) is 0 Å². The SMILES string of the molecule is C=CC1(O)CCCC1CCCC(C)C. The highest BCUT2D eigenvalue weighted by atomic mass is 16.3. The predicted octanol–water partition coefficient (Wildman–Crippen LogP) is 3.53. The Kier molecular flexibility index (Phi) is 4.18. The smallest absolute Gasteiger partial charge is 0.0853 e. The number of rotatable bonds is 5. The van der Waals surface area contributed by atoms with Gasteiger partial charge in [-0.05, 0) is 37.5 Å². The molecule has 1 fully saturated rings. The molecule has 0 saturated heterocycles. The molecule has 0 radical (unpaired) electrons. The summed E-state index contributed by atoms with van der Waals surface area (Å²) in [5.74, 6) is 1.26. The molecule has 1 N–H and O–H groups in total. The van der Waals surface area contributed by atoms with E-state index in [0.29, 0.717) is 5.92 Å². The van der Waals surface area contributed by atoms with Gasteiger partial charge in [-0.15, -0.1) is 6.58 Å². The lowest BCUT2D eigenvalue weighted by Gasteiger charge is -2.26. The summed E-state index contributed by atoms with van der Waals surface area (Å²) >= 11 is 0. The largest absolute Gasteiger partial charge is 0.386 e. The maximum absolute atomic E-state index is 10.2. The summed E-state index contributed by atoms with van der Waals surface area (Å²) in [7, 11) is 0. The lowest BCUT2D eigenvalue weighted by molar-refractivity contribution is 0.0462. The highest BCUT2D eigenvalue weighted by Gasteiger charge is 2.37. The summed E-state index contributed by atoms with van der Waals surface area (Å²) in [5, 5.41) is 10.2. The van der Waals surface area contributed by atoms with Crippen molar-refractivity contribution < 1.29 is 5.11 Å². The van der Waals surface area contributed by atoms with E-state index in [4.69, 9.17) is 0 Å². The van der Waals surface area contributed by atoms with Gasteiger partial charge in [0.1, 0.15) is 0 Å². The fraction of sp³-hybridized carbons (Fsp3) is 0.846. The maximum atomic E-state index is 10.2. The molecule has 2 unspecified atom stereocenters. The van der Waals surface area contributed by atoms with Crippen molar-refractivity contribution >= 4 is 0 Å². The molecule has 0 aromatic carbocycles. The summed E-state index contributed by atoms with van der Waals surface area (Å²) in [5.41, 5.74) is -0.545. The fourth-order valence-electron chi connectivity index (χ4n) is 2.52. The van der Waals surface area contributed by atoms with E-state index in [1.165, 1.54) is 25.7 Å². The molecule has 1 rings (SSSR count). The highest BCUT2D eigenvalue weighted by Crippen LogP contribution is 2.39. The van der Waals surface area contributed by atoms with Gasteiger partial charge >= 0.3 is 0 Å². The van der Waals surface area contributed by atoms with Crippen molar-refractivity contribution in [2.45, 2.75) is 58.0 Å². The van der Waals surface area contributed by atoms with Crippen molar-refractivity contribution in [3.8, 4) is 0 Å². The lowest BCUT2D eigenvalue weighted by Crippen LogP contribution is -2.30. The first-order valence-electron chi connectivity index (χ1n) is 5.94. The minimum Gasteiger partial charge on any atom is -0.386 e. The van der Waals surface area contributed by atoms with Crippen LogP contribution in [0.25, 0.3) is 0 Å². The molecule has 1 heteroatoms. The van der Waals surface area contributed by atoms with Gasteiger partial charge in [-0.1, -0.05) is 32.8 Å². The standard InChI is InChI=1S/C13H24O/c1-4-13(14)10-6-9-12(13)8-5-7-11(2)3/h4,11-12,14H,1,5-10H2,2-3H3. The summed E-state index contributed by atoms with van der Waals surface area (Å²) in [6.07, 6.45) is 8.72. The van der Waals surface area contributed by atoms with Gasteiger partial charge in [-0.25, -0.2) is 0 Å². The number of hydrogen-bond acceptors (Lipinski definition) is 1. The van der Waals surface area contributed by atoms with Crippen molar-refractivity contribution in [2.75, 3.05) is 0 Å². The first-order chi connectivity index (χ1) is 6.58. The van der Waals surface area contributed by atoms with Crippen molar-refractivity contribution in [2.24, 2.45) is 11.8 Å². The van der Waals surface area contributed by atoms with E-state index < -0.39 is 5.60 Å². The molecular formula is C13H24O. The van der Waals surface area contributed by atoms with Crippen molar-refractivity contribution in [1.82, 2.24) is 0 Å². The third kappa shape index (κ3) is 2.84. The lowest BCUT2D eigenvalue weighted by atomic mass is 9.86. The summed E-state index contributed by atoms with van der Waals surface area (Å²) in [6.45, 7) is 8.27. The molecule has 1 saturated carbocycles. The number of aliphatic hydroxyl groups is 1. The van der Waals surface area contributed by atoms with E-state index in [-0.39, 0.29) is 0 Å². The molecule has 1 nitrogen and oxygen atoms in total. The first kappa shape index (κ1) is 11.8. The molecule has 0 bridgehead atoms. The summed E-state index contributed by atoms with van der Waals surface area (Å²) < 4.78 is 0. The van der Waals surface area contributed by atoms with Gasteiger partial charge in [0.2, 0.25) is 0 Å². The van der Waals surface area contributed by atoms with Gasteiger partial charge in [0.15, 0.2) is 0 Å². The van der Waals surface area contributed by atoms with Crippen molar-refractivity contribution in [1.29, 1.82) is 0 Å². The van der Waals surface area contributed by atoms with Crippen LogP contribution in [0.15, 0.2) is 12.7 Å². The average Bonchev–Trinajstić information content (AvgIpc) is 2.48. The van der Waals surface area contributed by atoms with E-state index in [2.05, 4.69) is 20.4 Å². The van der Waals surface area contributed by atoms with Crippen LogP contribution < -0.4 is 0 Å². The Morgan fingerprint density at radius 1 is 1.57 bits per heavy atom. The van der Waals surface area contributed by atoms with Gasteiger partial charge < -0.3 is 5.11 Å². The zero-order chi connectivity index (χ0) is 10.6. The molecule has 0 heterocycles. The molecule has 0 aromatic heterocycles. The average molecular weight is 196 g/mol. The second-order valence-corrected chi connectivity index (χ2v) is 5.11. The van der Waals surface area contributed by atoms with Crippen molar-refractivity contribution in [3.05, 3.63) is 12.7 Å². The van der Waals surface area contributed by atoms with Gasteiger partial charge in [0.05, 0.1) is 5.60 Å². The van der Waals surface area contributed by atoms with Crippen LogP contribution in [0.5, 0.6) is 0 Å². The van der Waals surface area contributed by atoms with E-state index >= 15 is 0 Å². The maximum Gasteiger partial charge on any atom is 0.0853 e. The third-order valence-electron chi connectivity index (χ3n) is 3.52. The van der Waals surface area contributed by atoms with Crippen LogP contribution in [0.2, 0.25) is 0 Å². The van der Waals surface area contributed by atoms with Gasteiger partial charge in [-0.3, -0.25) is 0 Å². The molecule has 0 amide bonds. The second kappa shape index (κ2) is 4.97. The Morgan fingerprint density at radius 2 is 2.29 bits per heavy atom. The van der Waals surface area contributed by atoms with Gasteiger partial charge in [0.25, 0.3) is 0 Å². The van der Waals surface area contributed by atoms with E-state index in [1.807, 2.05) is 0 Å². The third-order valence-corrected chi connectivity index (χ3v) is 3.52. The molecule has 0 aliphatic heterocycles. The summed E-state index contributed by atoms with van der Waals surface area (Å²) in [6, 6.07) is 0. The Balaban J connectivity index is 2.33. The fourth-order valence-corrected chi connectivity index (χ4v) is 2.52. The molecule has 0 spiro atoms. The monoisotopic (exact) mass is 196 g/mol. The zero-order valence-corrected chi connectivity index (χ0v) is 9.63. The molecular weight excluding hydrogens is 172 g/mol. The van der Waals surface area contributed by atoms with Crippen LogP contribution in [0.4, 0.5) is 0 Å². The minimum absolute atomic E-state index is 0.471. The van der Waals surface area contributed by atoms with Crippen LogP contribution in [0.3, 0.4) is 0 Å².